The van der Waals surface area contributed by atoms with Crippen LogP contribution in [0, 0.1) is 0 Å². The Labute approximate surface area is 184 Å². The van der Waals surface area contributed by atoms with Gasteiger partial charge in [0.2, 0.25) is 5.13 Å². The summed E-state index contributed by atoms with van der Waals surface area (Å²) in [6.07, 6.45) is 2.67. The average molecular weight is 513 g/mol. The standard InChI is InChI=1S/C22H15Br2N3S/c23-18-8-7-16(12-19(18)24)20-13-21(27(26-20)22-25-9-10-28-22)17-6-5-14-3-1-2-4-15(14)11-17/h1-12,21H,13H2. The van der Waals surface area contributed by atoms with E-state index in [1.807, 2.05) is 11.6 Å². The third-order valence-corrected chi connectivity index (χ3v) is 7.58. The molecule has 1 unspecified atom stereocenters. The van der Waals surface area contributed by atoms with E-state index in [0.717, 1.165) is 31.8 Å². The molecule has 1 aliphatic heterocycles. The Morgan fingerprint density at radius 2 is 1.79 bits per heavy atom. The van der Waals surface area contributed by atoms with Crippen LogP contribution in [0.25, 0.3) is 10.8 Å². The molecule has 1 aliphatic rings. The molecule has 0 saturated carbocycles. The van der Waals surface area contributed by atoms with Crippen molar-refractivity contribution < 1.29 is 0 Å². The summed E-state index contributed by atoms with van der Waals surface area (Å²) in [6.45, 7) is 0. The van der Waals surface area contributed by atoms with Gasteiger partial charge in [-0.15, -0.1) is 11.3 Å². The summed E-state index contributed by atoms with van der Waals surface area (Å²) in [5, 5.41) is 12.5. The molecule has 0 amide bonds. The number of hydrogen-bond acceptors (Lipinski definition) is 4. The van der Waals surface area contributed by atoms with Crippen molar-refractivity contribution in [3.05, 3.63) is 92.3 Å². The van der Waals surface area contributed by atoms with Crippen molar-refractivity contribution in [1.82, 2.24) is 4.98 Å². The fourth-order valence-electron chi connectivity index (χ4n) is 3.54. The van der Waals surface area contributed by atoms with Crippen molar-refractivity contribution in [2.45, 2.75) is 12.5 Å². The van der Waals surface area contributed by atoms with Crippen LogP contribution in [0.5, 0.6) is 0 Å². The summed E-state index contributed by atoms with van der Waals surface area (Å²) >= 11 is 8.77. The van der Waals surface area contributed by atoms with Crippen molar-refractivity contribution in [2.24, 2.45) is 5.10 Å². The zero-order valence-electron chi connectivity index (χ0n) is 14.7. The van der Waals surface area contributed by atoms with Crippen LogP contribution < -0.4 is 5.01 Å². The van der Waals surface area contributed by atoms with Crippen molar-refractivity contribution in [3.8, 4) is 0 Å². The number of thiazole rings is 1. The van der Waals surface area contributed by atoms with Crippen LogP contribution in [0.1, 0.15) is 23.6 Å². The Balaban J connectivity index is 1.57. The molecule has 6 heteroatoms. The maximum atomic E-state index is 4.97. The normalized spacial score (nSPS) is 16.6. The zero-order chi connectivity index (χ0) is 19.1. The summed E-state index contributed by atoms with van der Waals surface area (Å²) < 4.78 is 2.07. The SMILES string of the molecule is Brc1ccc(C2=NN(c3nccs3)C(c3ccc4ccccc4c3)C2)cc1Br. The van der Waals surface area contributed by atoms with E-state index < -0.39 is 0 Å². The molecule has 28 heavy (non-hydrogen) atoms. The maximum absolute atomic E-state index is 4.97. The van der Waals surface area contributed by atoms with Crippen LogP contribution in [0.15, 0.2) is 86.3 Å². The Morgan fingerprint density at radius 1 is 0.929 bits per heavy atom. The zero-order valence-corrected chi connectivity index (χ0v) is 18.7. The van der Waals surface area contributed by atoms with Crippen molar-refractivity contribution in [1.29, 1.82) is 0 Å². The first kappa shape index (κ1) is 18.0. The van der Waals surface area contributed by atoms with Crippen LogP contribution in [0.3, 0.4) is 0 Å². The molecule has 3 aromatic carbocycles. The van der Waals surface area contributed by atoms with Crippen molar-refractivity contribution in [3.63, 3.8) is 0 Å². The molecule has 0 bridgehead atoms. The van der Waals surface area contributed by atoms with Crippen LogP contribution in [0.4, 0.5) is 5.13 Å². The van der Waals surface area contributed by atoms with Crippen LogP contribution in [-0.4, -0.2) is 10.7 Å². The first-order chi connectivity index (χ1) is 13.7. The van der Waals surface area contributed by atoms with E-state index >= 15 is 0 Å². The fourth-order valence-corrected chi connectivity index (χ4v) is 4.81. The summed E-state index contributed by atoms with van der Waals surface area (Å²) in [7, 11) is 0. The van der Waals surface area contributed by atoms with E-state index in [0.29, 0.717) is 0 Å². The first-order valence-electron chi connectivity index (χ1n) is 8.89. The number of hydrogen-bond donors (Lipinski definition) is 0. The largest absolute Gasteiger partial charge is 0.231 e. The predicted octanol–water partition coefficient (Wildman–Crippen LogP) is 7.18. The summed E-state index contributed by atoms with van der Waals surface area (Å²) in [6, 6.07) is 21.6. The highest BCUT2D eigenvalue weighted by molar-refractivity contribution is 9.13. The smallest absolute Gasteiger partial charge is 0.206 e. The van der Waals surface area contributed by atoms with Gasteiger partial charge in [0, 0.05) is 26.9 Å². The lowest BCUT2D eigenvalue weighted by Crippen LogP contribution is -2.18. The molecule has 4 aromatic rings. The summed E-state index contributed by atoms with van der Waals surface area (Å²) in [5.74, 6) is 0. The number of fused-ring (bicyclic) bond motifs is 1. The highest BCUT2D eigenvalue weighted by Gasteiger charge is 2.31. The number of aromatic nitrogens is 1. The molecule has 0 radical (unpaired) electrons. The van der Waals surface area contributed by atoms with E-state index in [1.165, 1.54) is 16.3 Å². The molecule has 0 N–H and O–H groups in total. The minimum absolute atomic E-state index is 0.133. The molecule has 1 atom stereocenters. The average Bonchev–Trinajstić information content (AvgIpc) is 3.39. The van der Waals surface area contributed by atoms with Gasteiger partial charge < -0.3 is 0 Å². The molecule has 138 valence electrons. The van der Waals surface area contributed by atoms with Crippen LogP contribution in [-0.2, 0) is 0 Å². The Morgan fingerprint density at radius 3 is 2.57 bits per heavy atom. The Hall–Kier alpha value is -2.02. The Bertz CT molecular complexity index is 1190. The number of halogens is 2. The topological polar surface area (TPSA) is 28.5 Å². The van der Waals surface area contributed by atoms with E-state index in [4.69, 9.17) is 5.10 Å². The third-order valence-electron chi connectivity index (χ3n) is 4.94. The fraction of sp³-hybridized carbons (Fsp3) is 0.0909. The van der Waals surface area contributed by atoms with Crippen molar-refractivity contribution in [2.75, 3.05) is 5.01 Å². The van der Waals surface area contributed by atoms with E-state index in [9.17, 15) is 0 Å². The molecule has 3 nitrogen and oxygen atoms in total. The van der Waals surface area contributed by atoms with Gasteiger partial charge >= 0.3 is 0 Å². The van der Waals surface area contributed by atoms with Gasteiger partial charge in [-0.05, 0) is 72.0 Å². The van der Waals surface area contributed by atoms with E-state index in [1.54, 1.807) is 11.3 Å². The number of rotatable bonds is 3. The minimum atomic E-state index is 0.133. The molecule has 0 saturated heterocycles. The van der Waals surface area contributed by atoms with Gasteiger partial charge in [-0.25, -0.2) is 9.99 Å². The number of benzene rings is 3. The molecule has 2 heterocycles. The summed E-state index contributed by atoms with van der Waals surface area (Å²) in [4.78, 5) is 4.52. The van der Waals surface area contributed by atoms with E-state index in [-0.39, 0.29) is 6.04 Å². The number of hydrazone groups is 1. The highest BCUT2D eigenvalue weighted by Crippen LogP contribution is 2.39. The monoisotopic (exact) mass is 511 g/mol. The lowest BCUT2D eigenvalue weighted by atomic mass is 9.96. The lowest BCUT2D eigenvalue weighted by molar-refractivity contribution is 0.707. The van der Waals surface area contributed by atoms with Gasteiger partial charge in [-0.2, -0.15) is 5.10 Å². The minimum Gasteiger partial charge on any atom is -0.231 e. The molecule has 0 spiro atoms. The second-order valence-corrected chi connectivity index (χ2v) is 9.24. The molecule has 0 fully saturated rings. The van der Waals surface area contributed by atoms with Gasteiger partial charge in [-0.3, -0.25) is 0 Å². The quantitative estimate of drug-likeness (QED) is 0.291. The second-order valence-electron chi connectivity index (χ2n) is 6.66. The number of nitrogens with zero attached hydrogens (tertiary/aromatic N) is 3. The maximum Gasteiger partial charge on any atom is 0.206 e. The molecular weight excluding hydrogens is 498 g/mol. The second kappa shape index (κ2) is 7.43. The molecule has 5 rings (SSSR count). The first-order valence-corrected chi connectivity index (χ1v) is 11.4. The molecule has 0 aliphatic carbocycles. The van der Waals surface area contributed by atoms with Crippen molar-refractivity contribution >= 4 is 64.8 Å². The van der Waals surface area contributed by atoms with Gasteiger partial charge in [0.15, 0.2) is 0 Å². The van der Waals surface area contributed by atoms with Gasteiger partial charge in [0.25, 0.3) is 0 Å². The third kappa shape index (κ3) is 3.30. The van der Waals surface area contributed by atoms with Gasteiger partial charge in [0.1, 0.15) is 0 Å². The summed E-state index contributed by atoms with van der Waals surface area (Å²) in [5.41, 5.74) is 3.45. The molecular formula is C22H15Br2N3S. The number of anilines is 1. The van der Waals surface area contributed by atoms with Crippen LogP contribution in [0.2, 0.25) is 0 Å². The van der Waals surface area contributed by atoms with Crippen LogP contribution >= 0.6 is 43.2 Å². The lowest BCUT2D eigenvalue weighted by Gasteiger charge is -2.21. The Kier molecular flexibility index (Phi) is 4.78. The highest BCUT2D eigenvalue weighted by atomic mass is 79.9. The predicted molar refractivity (Wildman–Crippen MR) is 124 cm³/mol. The molecule has 1 aromatic heterocycles. The van der Waals surface area contributed by atoms with E-state index in [2.05, 4.69) is 103 Å². The van der Waals surface area contributed by atoms with Gasteiger partial charge in [0.05, 0.1) is 11.8 Å². The van der Waals surface area contributed by atoms with Gasteiger partial charge in [-0.1, -0.05) is 42.5 Å².